The molecule has 0 aliphatic rings. The molecule has 0 heterocycles. The smallest absolute Gasteiger partial charge is 0.266 e. The number of benzene rings is 1. The monoisotopic (exact) mass is 236 g/mol. The van der Waals surface area contributed by atoms with Crippen molar-refractivity contribution in [2.75, 3.05) is 0 Å². The molecule has 0 aliphatic heterocycles. The van der Waals surface area contributed by atoms with Gasteiger partial charge in [0, 0.05) is 10.6 Å². The van der Waals surface area contributed by atoms with Gasteiger partial charge in [-0.1, -0.05) is 11.6 Å². The number of amides is 1. The molecule has 1 rings (SSSR count). The lowest BCUT2D eigenvalue weighted by Crippen LogP contribution is -2.08. The largest absolute Gasteiger partial charge is 0.286 e. The second-order valence-corrected chi connectivity index (χ2v) is 4.74. The zero-order valence-electron chi connectivity index (χ0n) is 9.49. The average Bonchev–Trinajstić information content (AvgIpc) is 2.16. The average molecular weight is 237 g/mol. The third-order valence-electron chi connectivity index (χ3n) is 1.63. The van der Waals surface area contributed by atoms with Crippen LogP contribution in [0.2, 0.25) is 5.02 Å². The Labute approximate surface area is 99.9 Å². The molecule has 3 nitrogen and oxygen atoms in total. The van der Waals surface area contributed by atoms with E-state index >= 15 is 0 Å². The summed E-state index contributed by atoms with van der Waals surface area (Å²) in [4.78, 5) is 19.1. The number of aliphatic imine (C=N–C) groups is 2. The highest BCUT2D eigenvalue weighted by atomic mass is 35.5. The third-order valence-corrected chi connectivity index (χ3v) is 1.88. The fraction of sp³-hybridized carbons (Fsp3) is 0.333. The normalized spacial score (nSPS) is 10.5. The molecular formula is C12H13ClN2O. The molecule has 0 fully saturated rings. The van der Waals surface area contributed by atoms with Crippen LogP contribution in [0.15, 0.2) is 34.3 Å². The minimum absolute atomic E-state index is 0.274. The fourth-order valence-corrected chi connectivity index (χ4v) is 1.00. The summed E-state index contributed by atoms with van der Waals surface area (Å²) < 4.78 is 0. The number of halogens is 1. The molecule has 0 radical (unpaired) electrons. The van der Waals surface area contributed by atoms with Crippen molar-refractivity contribution in [3.05, 3.63) is 34.9 Å². The van der Waals surface area contributed by atoms with Gasteiger partial charge in [-0.25, -0.2) is 4.99 Å². The van der Waals surface area contributed by atoms with Crippen molar-refractivity contribution in [1.82, 2.24) is 0 Å². The van der Waals surface area contributed by atoms with Crippen molar-refractivity contribution in [3.8, 4) is 0 Å². The zero-order valence-corrected chi connectivity index (χ0v) is 10.2. The molecule has 0 spiro atoms. The molecule has 0 N–H and O–H groups in total. The molecule has 1 aromatic carbocycles. The first-order valence-corrected chi connectivity index (χ1v) is 5.24. The molecular weight excluding hydrogens is 224 g/mol. The fourth-order valence-electron chi connectivity index (χ4n) is 0.877. The summed E-state index contributed by atoms with van der Waals surface area (Å²) >= 11 is 5.70. The lowest BCUT2D eigenvalue weighted by atomic mass is 10.1. The molecule has 4 heteroatoms. The molecule has 1 amide bonds. The number of carbonyl (C=O) groups excluding carboxylic acids is 1. The van der Waals surface area contributed by atoms with E-state index in [1.165, 1.54) is 0 Å². The van der Waals surface area contributed by atoms with Gasteiger partial charge in [-0.05, 0) is 45.0 Å². The minimum atomic E-state index is -0.371. The van der Waals surface area contributed by atoms with E-state index < -0.39 is 0 Å². The van der Waals surface area contributed by atoms with Crippen LogP contribution in [-0.2, 0) is 0 Å². The molecule has 0 unspecified atom stereocenters. The van der Waals surface area contributed by atoms with Gasteiger partial charge in [-0.15, -0.1) is 4.99 Å². The Hall–Kier alpha value is -1.44. The van der Waals surface area contributed by atoms with Gasteiger partial charge in [-0.2, -0.15) is 0 Å². The van der Waals surface area contributed by atoms with Crippen LogP contribution in [0.3, 0.4) is 0 Å². The second-order valence-electron chi connectivity index (χ2n) is 4.31. The van der Waals surface area contributed by atoms with E-state index in [2.05, 4.69) is 16.0 Å². The number of carbonyl (C=O) groups is 1. The van der Waals surface area contributed by atoms with Crippen molar-refractivity contribution in [3.63, 3.8) is 0 Å². The summed E-state index contributed by atoms with van der Waals surface area (Å²) in [5.74, 6) is -0.371. The van der Waals surface area contributed by atoms with Crippen LogP contribution < -0.4 is 0 Å². The maximum absolute atomic E-state index is 11.5. The van der Waals surface area contributed by atoms with Gasteiger partial charge in [0.2, 0.25) is 0 Å². The molecule has 0 aromatic heterocycles. The van der Waals surface area contributed by atoms with Gasteiger partial charge in [0.25, 0.3) is 5.91 Å². The first kappa shape index (κ1) is 12.6. The first-order chi connectivity index (χ1) is 7.38. The second kappa shape index (κ2) is 5.06. The lowest BCUT2D eigenvalue weighted by molar-refractivity contribution is 0.100. The van der Waals surface area contributed by atoms with Crippen LogP contribution in [0, 0.1) is 0 Å². The summed E-state index contributed by atoms with van der Waals surface area (Å²) in [5.41, 5.74) is 0.199. The third kappa shape index (κ3) is 4.39. The van der Waals surface area contributed by atoms with Crippen LogP contribution in [-0.4, -0.2) is 17.5 Å². The Kier molecular flexibility index (Phi) is 3.99. The molecule has 0 atom stereocenters. The molecule has 84 valence electrons. The van der Waals surface area contributed by atoms with E-state index in [0.29, 0.717) is 10.6 Å². The van der Waals surface area contributed by atoms with Gasteiger partial charge < -0.3 is 0 Å². The van der Waals surface area contributed by atoms with E-state index in [-0.39, 0.29) is 11.4 Å². The van der Waals surface area contributed by atoms with E-state index in [4.69, 9.17) is 11.6 Å². The maximum atomic E-state index is 11.5. The minimum Gasteiger partial charge on any atom is -0.266 e. The van der Waals surface area contributed by atoms with Gasteiger partial charge in [0.1, 0.15) is 0 Å². The standard InChI is InChI=1S/C12H13ClN2O/c1-12(2,3)15-8-14-11(16)9-4-6-10(13)7-5-9/h4-7H,1-3H3. The van der Waals surface area contributed by atoms with E-state index in [9.17, 15) is 4.79 Å². The Morgan fingerprint density at radius 2 is 1.81 bits per heavy atom. The summed E-state index contributed by atoms with van der Waals surface area (Å²) in [5, 5.41) is 0.587. The summed E-state index contributed by atoms with van der Waals surface area (Å²) in [7, 11) is 0. The van der Waals surface area contributed by atoms with Crippen molar-refractivity contribution in [2.24, 2.45) is 9.98 Å². The molecule has 16 heavy (non-hydrogen) atoms. The van der Waals surface area contributed by atoms with Gasteiger partial charge in [0.05, 0.1) is 11.5 Å². The summed E-state index contributed by atoms with van der Waals surface area (Å²) in [6.07, 6.45) is 0. The van der Waals surface area contributed by atoms with E-state index in [0.717, 1.165) is 0 Å². The van der Waals surface area contributed by atoms with Crippen LogP contribution in [0.1, 0.15) is 31.1 Å². The maximum Gasteiger partial charge on any atom is 0.286 e. The van der Waals surface area contributed by atoms with Crippen molar-refractivity contribution in [2.45, 2.75) is 26.3 Å². The number of rotatable bonds is 1. The highest BCUT2D eigenvalue weighted by Crippen LogP contribution is 2.10. The number of hydrogen-bond donors (Lipinski definition) is 0. The van der Waals surface area contributed by atoms with E-state index in [1.807, 2.05) is 20.8 Å². The first-order valence-electron chi connectivity index (χ1n) is 4.86. The molecule has 0 saturated carbocycles. The SMILES string of the molecule is CC(C)(C)N=C=NC(=O)c1ccc(Cl)cc1. The van der Waals surface area contributed by atoms with Gasteiger partial charge in [-0.3, -0.25) is 4.79 Å². The summed E-state index contributed by atoms with van der Waals surface area (Å²) in [6, 6.07) is 8.93. The van der Waals surface area contributed by atoms with Crippen molar-refractivity contribution >= 4 is 23.5 Å². The molecule has 0 aliphatic carbocycles. The Morgan fingerprint density at radius 1 is 1.25 bits per heavy atom. The molecule has 0 bridgehead atoms. The number of hydrogen-bond acceptors (Lipinski definition) is 2. The molecule has 1 aromatic rings. The zero-order chi connectivity index (χ0) is 12.2. The Bertz CT molecular complexity index is 437. The lowest BCUT2D eigenvalue weighted by Gasteiger charge is -2.06. The summed E-state index contributed by atoms with van der Waals surface area (Å²) in [6.45, 7) is 5.72. The topological polar surface area (TPSA) is 41.8 Å². The van der Waals surface area contributed by atoms with Crippen LogP contribution >= 0.6 is 11.6 Å². The van der Waals surface area contributed by atoms with Gasteiger partial charge >= 0.3 is 0 Å². The van der Waals surface area contributed by atoms with Crippen LogP contribution in [0.4, 0.5) is 0 Å². The highest BCUT2D eigenvalue weighted by molar-refractivity contribution is 6.30. The number of nitrogens with zero attached hydrogens (tertiary/aromatic N) is 2. The quantitative estimate of drug-likeness (QED) is 0.689. The highest BCUT2D eigenvalue weighted by Gasteiger charge is 2.05. The van der Waals surface area contributed by atoms with Gasteiger partial charge in [0.15, 0.2) is 0 Å². The van der Waals surface area contributed by atoms with E-state index in [1.54, 1.807) is 24.3 Å². The Morgan fingerprint density at radius 3 is 2.31 bits per heavy atom. The predicted molar refractivity (Wildman–Crippen MR) is 65.4 cm³/mol. The predicted octanol–water partition coefficient (Wildman–Crippen LogP) is 3.45. The molecule has 0 saturated heterocycles. The Balaban J connectivity index is 2.81. The van der Waals surface area contributed by atoms with Crippen molar-refractivity contribution in [1.29, 1.82) is 0 Å². The van der Waals surface area contributed by atoms with Crippen LogP contribution in [0.5, 0.6) is 0 Å². The van der Waals surface area contributed by atoms with Crippen LogP contribution in [0.25, 0.3) is 0 Å². The van der Waals surface area contributed by atoms with Crippen molar-refractivity contribution < 1.29 is 4.79 Å².